The maximum absolute atomic E-state index is 12.0. The fourth-order valence-corrected chi connectivity index (χ4v) is 4.02. The highest BCUT2D eigenvalue weighted by Crippen LogP contribution is 2.27. The SMILES string of the molecule is Cc1nc(C)c(-c2ccc(=O)n(CCNC(=O)Cc3cccs3)n2)s1. The summed E-state index contributed by atoms with van der Waals surface area (Å²) in [7, 11) is 0. The van der Waals surface area contributed by atoms with Gasteiger partial charge < -0.3 is 5.32 Å². The number of nitrogens with one attached hydrogen (secondary N) is 1. The molecule has 0 atom stereocenters. The summed E-state index contributed by atoms with van der Waals surface area (Å²) < 4.78 is 1.38. The minimum absolute atomic E-state index is 0.0550. The summed E-state index contributed by atoms with van der Waals surface area (Å²) in [5, 5.41) is 10.2. The maximum atomic E-state index is 12.0. The fraction of sp³-hybridized carbons (Fsp3) is 0.294. The molecular formula is C17H18N4O2S2. The molecule has 0 radical (unpaired) electrons. The average molecular weight is 374 g/mol. The average Bonchev–Trinajstić information content (AvgIpc) is 3.18. The minimum atomic E-state index is -0.185. The second-order valence-corrected chi connectivity index (χ2v) is 7.77. The van der Waals surface area contributed by atoms with Gasteiger partial charge in [0.05, 0.1) is 28.5 Å². The molecule has 0 aliphatic carbocycles. The molecule has 0 saturated heterocycles. The van der Waals surface area contributed by atoms with Crippen molar-refractivity contribution in [2.45, 2.75) is 26.8 Å². The second kappa shape index (κ2) is 7.71. The van der Waals surface area contributed by atoms with Crippen LogP contribution in [0.4, 0.5) is 0 Å². The minimum Gasteiger partial charge on any atom is -0.354 e. The molecule has 0 spiro atoms. The van der Waals surface area contributed by atoms with Crippen LogP contribution in [-0.2, 0) is 17.8 Å². The van der Waals surface area contributed by atoms with Crippen molar-refractivity contribution >= 4 is 28.6 Å². The first-order valence-corrected chi connectivity index (χ1v) is 9.54. The molecule has 3 heterocycles. The van der Waals surface area contributed by atoms with Crippen LogP contribution in [0, 0.1) is 13.8 Å². The van der Waals surface area contributed by atoms with E-state index in [1.54, 1.807) is 28.7 Å². The molecule has 1 amide bonds. The van der Waals surface area contributed by atoms with Crippen molar-refractivity contribution in [3.8, 4) is 10.6 Å². The summed E-state index contributed by atoms with van der Waals surface area (Å²) >= 11 is 3.11. The van der Waals surface area contributed by atoms with Gasteiger partial charge in [-0.05, 0) is 31.4 Å². The molecule has 0 unspecified atom stereocenters. The van der Waals surface area contributed by atoms with Gasteiger partial charge in [0, 0.05) is 17.5 Å². The predicted octanol–water partition coefficient (Wildman–Crippen LogP) is 2.40. The molecule has 3 aromatic heterocycles. The third-order valence-corrected chi connectivity index (χ3v) is 5.54. The van der Waals surface area contributed by atoms with Gasteiger partial charge in [-0.1, -0.05) is 6.07 Å². The summed E-state index contributed by atoms with van der Waals surface area (Å²) in [6.45, 7) is 4.57. The Morgan fingerprint density at radius 3 is 2.80 bits per heavy atom. The predicted molar refractivity (Wildman–Crippen MR) is 100 cm³/mol. The Morgan fingerprint density at radius 2 is 2.12 bits per heavy atom. The number of rotatable bonds is 6. The summed E-state index contributed by atoms with van der Waals surface area (Å²) in [6.07, 6.45) is 0.360. The molecule has 0 bridgehead atoms. The Morgan fingerprint density at radius 1 is 1.28 bits per heavy atom. The smallest absolute Gasteiger partial charge is 0.266 e. The van der Waals surface area contributed by atoms with E-state index in [-0.39, 0.29) is 11.5 Å². The number of aromatic nitrogens is 3. The fourth-order valence-electron chi connectivity index (χ4n) is 2.43. The number of thiophene rings is 1. The van der Waals surface area contributed by atoms with Gasteiger partial charge in [0.1, 0.15) is 5.69 Å². The molecule has 0 aliphatic heterocycles. The van der Waals surface area contributed by atoms with Gasteiger partial charge in [0.15, 0.2) is 0 Å². The van der Waals surface area contributed by atoms with Crippen LogP contribution in [-0.4, -0.2) is 27.2 Å². The monoisotopic (exact) mass is 374 g/mol. The molecule has 6 nitrogen and oxygen atoms in total. The standard InChI is InChI=1S/C17H18N4O2S2/c1-11-17(25-12(2)19-11)14-5-6-16(23)21(20-14)8-7-18-15(22)10-13-4-3-9-24-13/h3-6,9H,7-8,10H2,1-2H3,(H,18,22). The molecular weight excluding hydrogens is 356 g/mol. The van der Waals surface area contributed by atoms with E-state index in [2.05, 4.69) is 15.4 Å². The van der Waals surface area contributed by atoms with E-state index in [1.807, 2.05) is 31.4 Å². The van der Waals surface area contributed by atoms with E-state index < -0.39 is 0 Å². The number of amides is 1. The third kappa shape index (κ3) is 4.40. The number of carbonyl (C=O) groups excluding carboxylic acids is 1. The zero-order chi connectivity index (χ0) is 17.8. The quantitative estimate of drug-likeness (QED) is 0.719. The molecule has 0 fully saturated rings. The Balaban J connectivity index is 1.64. The Bertz CT molecular complexity index is 929. The van der Waals surface area contributed by atoms with Crippen LogP contribution in [0.15, 0.2) is 34.4 Å². The molecule has 130 valence electrons. The first kappa shape index (κ1) is 17.5. The number of aryl methyl sites for hydroxylation is 2. The summed E-state index contributed by atoms with van der Waals surface area (Å²) in [5.74, 6) is -0.0550. The van der Waals surface area contributed by atoms with Gasteiger partial charge in [0.25, 0.3) is 5.56 Å². The number of thiazole rings is 1. The number of nitrogens with zero attached hydrogens (tertiary/aromatic N) is 3. The topological polar surface area (TPSA) is 76.9 Å². The van der Waals surface area contributed by atoms with Crippen molar-refractivity contribution < 1.29 is 4.79 Å². The van der Waals surface area contributed by atoms with Gasteiger partial charge in [0.2, 0.25) is 5.91 Å². The first-order valence-electron chi connectivity index (χ1n) is 7.84. The van der Waals surface area contributed by atoms with Crippen molar-refractivity contribution in [1.82, 2.24) is 20.1 Å². The first-order chi connectivity index (χ1) is 12.0. The Kier molecular flexibility index (Phi) is 5.40. The highest BCUT2D eigenvalue weighted by molar-refractivity contribution is 7.15. The van der Waals surface area contributed by atoms with E-state index in [4.69, 9.17) is 0 Å². The van der Waals surface area contributed by atoms with Crippen LogP contribution in [0.25, 0.3) is 10.6 Å². The number of hydrogen-bond donors (Lipinski definition) is 1. The van der Waals surface area contributed by atoms with Crippen LogP contribution in [0.1, 0.15) is 15.6 Å². The van der Waals surface area contributed by atoms with Crippen molar-refractivity contribution in [3.63, 3.8) is 0 Å². The van der Waals surface area contributed by atoms with Crippen molar-refractivity contribution in [1.29, 1.82) is 0 Å². The van der Waals surface area contributed by atoms with E-state index in [0.29, 0.717) is 19.5 Å². The van der Waals surface area contributed by atoms with Crippen LogP contribution in [0.2, 0.25) is 0 Å². The van der Waals surface area contributed by atoms with Gasteiger partial charge in [-0.2, -0.15) is 5.10 Å². The van der Waals surface area contributed by atoms with Gasteiger partial charge in [-0.3, -0.25) is 9.59 Å². The molecule has 8 heteroatoms. The molecule has 3 rings (SSSR count). The molecule has 1 N–H and O–H groups in total. The number of carbonyl (C=O) groups is 1. The Hall–Kier alpha value is -2.32. The zero-order valence-electron chi connectivity index (χ0n) is 14.0. The largest absolute Gasteiger partial charge is 0.354 e. The second-order valence-electron chi connectivity index (χ2n) is 5.53. The van der Waals surface area contributed by atoms with Gasteiger partial charge in [-0.25, -0.2) is 9.67 Å². The van der Waals surface area contributed by atoms with Crippen molar-refractivity contribution in [2.24, 2.45) is 0 Å². The van der Waals surface area contributed by atoms with E-state index in [9.17, 15) is 9.59 Å². The molecule has 3 aromatic rings. The lowest BCUT2D eigenvalue weighted by Crippen LogP contribution is -2.32. The summed E-state index contributed by atoms with van der Waals surface area (Å²) in [6, 6.07) is 7.07. The lowest BCUT2D eigenvalue weighted by molar-refractivity contribution is -0.120. The van der Waals surface area contributed by atoms with Crippen LogP contribution in [0.3, 0.4) is 0 Å². The Labute approximate surface area is 153 Å². The van der Waals surface area contributed by atoms with Crippen LogP contribution in [0.5, 0.6) is 0 Å². The number of hydrogen-bond acceptors (Lipinski definition) is 6. The zero-order valence-corrected chi connectivity index (χ0v) is 15.6. The highest BCUT2D eigenvalue weighted by Gasteiger charge is 2.11. The summed E-state index contributed by atoms with van der Waals surface area (Å²) in [4.78, 5) is 30.3. The van der Waals surface area contributed by atoms with E-state index in [1.165, 1.54) is 10.7 Å². The highest BCUT2D eigenvalue weighted by atomic mass is 32.1. The molecule has 0 aromatic carbocycles. The van der Waals surface area contributed by atoms with E-state index >= 15 is 0 Å². The van der Waals surface area contributed by atoms with Gasteiger partial charge in [-0.15, -0.1) is 22.7 Å². The summed E-state index contributed by atoms with van der Waals surface area (Å²) in [5.41, 5.74) is 1.45. The van der Waals surface area contributed by atoms with Crippen molar-refractivity contribution in [2.75, 3.05) is 6.54 Å². The van der Waals surface area contributed by atoms with Crippen LogP contribution >= 0.6 is 22.7 Å². The molecule has 0 saturated carbocycles. The lowest BCUT2D eigenvalue weighted by Gasteiger charge is -2.08. The van der Waals surface area contributed by atoms with Crippen molar-refractivity contribution in [3.05, 3.63) is 55.6 Å². The van der Waals surface area contributed by atoms with Gasteiger partial charge >= 0.3 is 0 Å². The normalized spacial score (nSPS) is 10.8. The molecule has 0 aliphatic rings. The third-order valence-electron chi connectivity index (χ3n) is 3.56. The molecule has 25 heavy (non-hydrogen) atoms. The van der Waals surface area contributed by atoms with E-state index in [0.717, 1.165) is 26.1 Å². The lowest BCUT2D eigenvalue weighted by atomic mass is 10.3. The maximum Gasteiger partial charge on any atom is 0.266 e. The van der Waals surface area contributed by atoms with Crippen LogP contribution < -0.4 is 10.9 Å².